The highest BCUT2D eigenvalue weighted by Gasteiger charge is 2.28. The van der Waals surface area contributed by atoms with Gasteiger partial charge in [0.15, 0.2) is 0 Å². The van der Waals surface area contributed by atoms with Gasteiger partial charge in [-0.15, -0.1) is 0 Å². The van der Waals surface area contributed by atoms with Crippen molar-refractivity contribution in [2.75, 3.05) is 19.7 Å². The molecule has 1 aliphatic heterocycles. The van der Waals surface area contributed by atoms with Crippen molar-refractivity contribution in [1.82, 2.24) is 4.90 Å². The number of esters is 1. The number of carbonyl (C=O) groups is 2. The van der Waals surface area contributed by atoms with Gasteiger partial charge in [0.2, 0.25) is 5.91 Å². The van der Waals surface area contributed by atoms with E-state index in [1.165, 1.54) is 19.3 Å². The van der Waals surface area contributed by atoms with Gasteiger partial charge in [0.25, 0.3) is 0 Å². The molecule has 4 nitrogen and oxygen atoms in total. The number of nitrogens with zero attached hydrogens (tertiary/aromatic N) is 1. The fourth-order valence-corrected chi connectivity index (χ4v) is 2.69. The highest BCUT2D eigenvalue weighted by molar-refractivity contribution is 5.78. The molecule has 1 aliphatic rings. The Hall–Kier alpha value is -1.06. The SMILES string of the molecule is CCCCCCCC(=O)N1CCC[C@@H](C(=O)OCC)C1. The zero-order chi connectivity index (χ0) is 14.8. The smallest absolute Gasteiger partial charge is 0.310 e. The van der Waals surface area contributed by atoms with E-state index in [0.717, 1.165) is 32.2 Å². The number of likely N-dealkylation sites (tertiary alicyclic amines) is 1. The van der Waals surface area contributed by atoms with Gasteiger partial charge in [0.05, 0.1) is 12.5 Å². The molecular weight excluding hydrogens is 254 g/mol. The third-order valence-corrected chi connectivity index (χ3v) is 3.89. The fourth-order valence-electron chi connectivity index (χ4n) is 2.69. The van der Waals surface area contributed by atoms with E-state index >= 15 is 0 Å². The van der Waals surface area contributed by atoms with Crippen LogP contribution in [0.15, 0.2) is 0 Å². The first-order valence-electron chi connectivity index (χ1n) is 8.13. The molecule has 1 fully saturated rings. The zero-order valence-electron chi connectivity index (χ0n) is 13.0. The van der Waals surface area contributed by atoms with Crippen molar-refractivity contribution in [2.24, 2.45) is 5.92 Å². The van der Waals surface area contributed by atoms with Crippen LogP contribution >= 0.6 is 0 Å². The van der Waals surface area contributed by atoms with E-state index in [4.69, 9.17) is 4.74 Å². The topological polar surface area (TPSA) is 46.6 Å². The van der Waals surface area contributed by atoms with Gasteiger partial charge in [0, 0.05) is 19.5 Å². The third kappa shape index (κ3) is 5.93. The summed E-state index contributed by atoms with van der Waals surface area (Å²) in [6.45, 7) is 5.77. The van der Waals surface area contributed by atoms with E-state index in [-0.39, 0.29) is 17.8 Å². The summed E-state index contributed by atoms with van der Waals surface area (Å²) in [7, 11) is 0. The molecule has 0 radical (unpaired) electrons. The molecule has 1 rings (SSSR count). The van der Waals surface area contributed by atoms with Crippen molar-refractivity contribution in [1.29, 1.82) is 0 Å². The lowest BCUT2D eigenvalue weighted by atomic mass is 9.97. The predicted octanol–water partition coefficient (Wildman–Crippen LogP) is 3.15. The van der Waals surface area contributed by atoms with Gasteiger partial charge in [-0.1, -0.05) is 32.6 Å². The maximum absolute atomic E-state index is 12.1. The van der Waals surface area contributed by atoms with Crippen molar-refractivity contribution in [3.8, 4) is 0 Å². The van der Waals surface area contributed by atoms with Gasteiger partial charge in [-0.25, -0.2) is 0 Å². The molecule has 4 heteroatoms. The molecule has 0 bridgehead atoms. The molecule has 0 saturated carbocycles. The van der Waals surface area contributed by atoms with Gasteiger partial charge in [0.1, 0.15) is 0 Å². The molecule has 0 spiro atoms. The van der Waals surface area contributed by atoms with Crippen LogP contribution in [0.2, 0.25) is 0 Å². The third-order valence-electron chi connectivity index (χ3n) is 3.89. The van der Waals surface area contributed by atoms with Crippen LogP contribution in [-0.2, 0) is 14.3 Å². The fraction of sp³-hybridized carbons (Fsp3) is 0.875. The largest absolute Gasteiger partial charge is 0.466 e. The number of hydrogen-bond acceptors (Lipinski definition) is 3. The van der Waals surface area contributed by atoms with Gasteiger partial charge in [-0.3, -0.25) is 9.59 Å². The Morgan fingerprint density at radius 1 is 1.15 bits per heavy atom. The Balaban J connectivity index is 2.27. The summed E-state index contributed by atoms with van der Waals surface area (Å²) < 4.78 is 5.06. The molecule has 1 atom stereocenters. The molecule has 0 aliphatic carbocycles. The van der Waals surface area contributed by atoms with Crippen molar-refractivity contribution in [3.05, 3.63) is 0 Å². The second-order valence-electron chi connectivity index (χ2n) is 5.60. The van der Waals surface area contributed by atoms with E-state index in [9.17, 15) is 9.59 Å². The van der Waals surface area contributed by atoms with Gasteiger partial charge in [-0.2, -0.15) is 0 Å². The minimum atomic E-state index is -0.145. The number of piperidine rings is 1. The van der Waals surface area contributed by atoms with Crippen LogP contribution in [0.4, 0.5) is 0 Å². The highest BCUT2D eigenvalue weighted by atomic mass is 16.5. The van der Waals surface area contributed by atoms with E-state index in [1.807, 2.05) is 11.8 Å². The summed E-state index contributed by atoms with van der Waals surface area (Å²) in [6.07, 6.45) is 8.18. The summed E-state index contributed by atoms with van der Waals surface area (Å²) in [4.78, 5) is 25.7. The summed E-state index contributed by atoms with van der Waals surface area (Å²) in [5.74, 6) is -0.0591. The summed E-state index contributed by atoms with van der Waals surface area (Å²) in [5, 5.41) is 0. The summed E-state index contributed by atoms with van der Waals surface area (Å²) >= 11 is 0. The van der Waals surface area contributed by atoms with Crippen LogP contribution in [0, 0.1) is 5.92 Å². The highest BCUT2D eigenvalue weighted by Crippen LogP contribution is 2.19. The summed E-state index contributed by atoms with van der Waals surface area (Å²) in [5.41, 5.74) is 0. The number of hydrogen-bond donors (Lipinski definition) is 0. The van der Waals surface area contributed by atoms with E-state index in [1.54, 1.807) is 0 Å². The standard InChI is InChI=1S/C16H29NO3/c1-3-5-6-7-8-11-15(18)17-12-9-10-14(13-17)16(19)20-4-2/h14H,3-13H2,1-2H3/t14-/m1/s1. The molecule has 0 aromatic heterocycles. The van der Waals surface area contributed by atoms with Gasteiger partial charge >= 0.3 is 5.97 Å². The van der Waals surface area contributed by atoms with Crippen LogP contribution in [-0.4, -0.2) is 36.5 Å². The Kier molecular flexibility index (Phi) is 8.31. The monoisotopic (exact) mass is 283 g/mol. The van der Waals surface area contributed by atoms with Crippen LogP contribution < -0.4 is 0 Å². The molecule has 1 saturated heterocycles. The minimum Gasteiger partial charge on any atom is -0.466 e. The second kappa shape index (κ2) is 9.78. The lowest BCUT2D eigenvalue weighted by Gasteiger charge is -2.31. The lowest BCUT2D eigenvalue weighted by Crippen LogP contribution is -2.42. The molecule has 1 heterocycles. The first-order valence-corrected chi connectivity index (χ1v) is 8.13. The Morgan fingerprint density at radius 3 is 2.60 bits per heavy atom. The molecule has 20 heavy (non-hydrogen) atoms. The lowest BCUT2D eigenvalue weighted by molar-refractivity contribution is -0.151. The number of amides is 1. The van der Waals surface area contributed by atoms with E-state index in [2.05, 4.69) is 6.92 Å². The van der Waals surface area contributed by atoms with Crippen LogP contribution in [0.5, 0.6) is 0 Å². The van der Waals surface area contributed by atoms with Gasteiger partial charge < -0.3 is 9.64 Å². The molecular formula is C16H29NO3. The molecule has 0 N–H and O–H groups in total. The Bertz CT molecular complexity index is 304. The number of carbonyl (C=O) groups excluding carboxylic acids is 2. The van der Waals surface area contributed by atoms with Crippen molar-refractivity contribution in [2.45, 2.75) is 65.2 Å². The number of rotatable bonds is 8. The number of unbranched alkanes of at least 4 members (excludes halogenated alkanes) is 4. The maximum Gasteiger partial charge on any atom is 0.310 e. The minimum absolute atomic E-state index is 0.118. The molecule has 1 amide bonds. The second-order valence-corrected chi connectivity index (χ2v) is 5.60. The average molecular weight is 283 g/mol. The first-order chi connectivity index (χ1) is 9.69. The van der Waals surface area contributed by atoms with Crippen molar-refractivity contribution in [3.63, 3.8) is 0 Å². The first kappa shape index (κ1) is 17.0. The Morgan fingerprint density at radius 2 is 1.90 bits per heavy atom. The van der Waals surface area contributed by atoms with E-state index in [0.29, 0.717) is 19.6 Å². The van der Waals surface area contributed by atoms with E-state index < -0.39 is 0 Å². The van der Waals surface area contributed by atoms with Gasteiger partial charge in [-0.05, 0) is 26.2 Å². The van der Waals surface area contributed by atoms with Crippen LogP contribution in [0.1, 0.15) is 65.2 Å². The molecule has 0 aromatic rings. The van der Waals surface area contributed by atoms with Crippen LogP contribution in [0.25, 0.3) is 0 Å². The number of ether oxygens (including phenoxy) is 1. The normalized spacial score (nSPS) is 18.9. The maximum atomic E-state index is 12.1. The predicted molar refractivity (Wildman–Crippen MR) is 79.3 cm³/mol. The van der Waals surface area contributed by atoms with Crippen molar-refractivity contribution < 1.29 is 14.3 Å². The Labute approximate surface area is 122 Å². The molecule has 0 unspecified atom stereocenters. The quantitative estimate of drug-likeness (QED) is 0.508. The van der Waals surface area contributed by atoms with Crippen LogP contribution in [0.3, 0.4) is 0 Å². The molecule has 0 aromatic carbocycles. The summed E-state index contributed by atoms with van der Waals surface area (Å²) in [6, 6.07) is 0. The van der Waals surface area contributed by atoms with Crippen molar-refractivity contribution >= 4 is 11.9 Å². The average Bonchev–Trinajstić information content (AvgIpc) is 2.47. The zero-order valence-corrected chi connectivity index (χ0v) is 13.0. The molecule has 116 valence electrons.